The molecule has 8 heteroatoms. The molecule has 0 amide bonds. The van der Waals surface area contributed by atoms with Crippen molar-refractivity contribution in [3.8, 4) is 23.0 Å². The number of fused-ring (bicyclic) bond motifs is 2. The van der Waals surface area contributed by atoms with Crippen LogP contribution in [0, 0.1) is 6.92 Å². The molecule has 0 unspecified atom stereocenters. The van der Waals surface area contributed by atoms with Crippen LogP contribution < -0.4 is 35.7 Å². The maximum absolute atomic E-state index is 15.2. The van der Waals surface area contributed by atoms with Crippen LogP contribution in [0.25, 0.3) is 0 Å². The van der Waals surface area contributed by atoms with E-state index >= 15 is 5.11 Å². The van der Waals surface area contributed by atoms with Gasteiger partial charge in [0, 0.05) is 12.1 Å². The van der Waals surface area contributed by atoms with Gasteiger partial charge in [-0.2, -0.15) is 0 Å². The van der Waals surface area contributed by atoms with Crippen molar-refractivity contribution < 1.29 is 35.7 Å². The van der Waals surface area contributed by atoms with E-state index < -0.39 is 22.2 Å². The molecule has 1 aliphatic rings. The second kappa shape index (κ2) is 11.8. The first-order chi connectivity index (χ1) is 17.4. The minimum Gasteiger partial charge on any atom is -1.00 e. The van der Waals surface area contributed by atoms with Crippen molar-refractivity contribution in [1.82, 2.24) is 0 Å². The number of hydrogen-bond acceptors (Lipinski definition) is 4. The van der Waals surface area contributed by atoms with Crippen molar-refractivity contribution in [3.05, 3.63) is 82.9 Å². The summed E-state index contributed by atoms with van der Waals surface area (Å²) >= 11 is 0. The van der Waals surface area contributed by atoms with E-state index in [0.29, 0.717) is 22.6 Å². The van der Waals surface area contributed by atoms with Gasteiger partial charge in [0.15, 0.2) is 0 Å². The Kier molecular flexibility index (Phi) is 10.3. The summed E-state index contributed by atoms with van der Waals surface area (Å²) in [6.07, 6.45) is 0. The molecule has 0 fully saturated rings. The van der Waals surface area contributed by atoms with Gasteiger partial charge in [0.2, 0.25) is 16.6 Å². The predicted octanol–water partition coefficient (Wildman–Crippen LogP) is 5.14. The van der Waals surface area contributed by atoms with E-state index in [0.717, 1.165) is 22.6 Å². The number of aryl methyl sites for hydroxylation is 1. The third-order valence-electron chi connectivity index (χ3n) is 8.77. The molecular formula is C32H43BrMgO4Si2. The first-order valence-electron chi connectivity index (χ1n) is 13.5. The molecular weight excluding hydrogens is 609 g/mol. The Morgan fingerprint density at radius 3 is 1.45 bits per heavy atom. The largest absolute Gasteiger partial charge is 2.00 e. The number of halogens is 1. The quantitative estimate of drug-likeness (QED) is 0.359. The van der Waals surface area contributed by atoms with Crippen LogP contribution in [0.5, 0.6) is 23.0 Å². The van der Waals surface area contributed by atoms with Gasteiger partial charge in [-0.05, 0) is 83.2 Å². The standard InChI is InChI=1S/C32H43O4Si2.BrH.Mg/c1-22-14-12-13-15-25(22)32(33)26-18-16-23(35-37(8,9)30(2,3)4)20-28(26)34-29-21-24(17-19-27(29)32)36-38(10,11)31(5,6)7;;/h12-21H,1-11H3;1H;/q-1;;+2/p-1. The van der Waals surface area contributed by atoms with Crippen LogP contribution in [0.3, 0.4) is 0 Å². The molecule has 0 spiro atoms. The Morgan fingerprint density at radius 1 is 0.675 bits per heavy atom. The predicted molar refractivity (Wildman–Crippen MR) is 165 cm³/mol. The average molecular weight is 652 g/mol. The van der Waals surface area contributed by atoms with Gasteiger partial charge in [-0.3, -0.25) is 0 Å². The molecule has 3 aromatic carbocycles. The zero-order chi connectivity index (χ0) is 28.3. The van der Waals surface area contributed by atoms with Crippen molar-refractivity contribution in [2.75, 3.05) is 0 Å². The number of rotatable bonds is 5. The second-order valence-electron chi connectivity index (χ2n) is 13.6. The Morgan fingerprint density at radius 2 is 1.07 bits per heavy atom. The van der Waals surface area contributed by atoms with E-state index in [1.807, 2.05) is 67.6 Å². The van der Waals surface area contributed by atoms with E-state index in [1.54, 1.807) is 0 Å². The molecule has 0 aromatic heterocycles. The molecule has 0 N–H and O–H groups in total. The minimum absolute atomic E-state index is 0. The van der Waals surface area contributed by atoms with E-state index in [1.165, 1.54) is 0 Å². The molecule has 0 radical (unpaired) electrons. The zero-order valence-corrected chi connectivity index (χ0v) is 31.0. The third-order valence-corrected chi connectivity index (χ3v) is 17.5. The summed E-state index contributed by atoms with van der Waals surface area (Å²) in [5, 5.41) is 15.3. The smallest absolute Gasteiger partial charge is 1.00 e. The Bertz CT molecular complexity index is 1280. The van der Waals surface area contributed by atoms with Crippen molar-refractivity contribution in [3.63, 3.8) is 0 Å². The summed E-state index contributed by atoms with van der Waals surface area (Å²) in [7, 11) is -4.15. The van der Waals surface area contributed by atoms with Crippen LogP contribution in [-0.4, -0.2) is 39.7 Å². The molecule has 212 valence electrons. The van der Waals surface area contributed by atoms with Gasteiger partial charge in [-0.25, -0.2) is 0 Å². The number of hydrogen-bond donors (Lipinski definition) is 0. The first kappa shape index (κ1) is 34.9. The van der Waals surface area contributed by atoms with Gasteiger partial charge in [-0.1, -0.05) is 77.9 Å². The van der Waals surface area contributed by atoms with E-state index in [-0.39, 0.29) is 50.1 Å². The van der Waals surface area contributed by atoms with Crippen LogP contribution in [0.2, 0.25) is 36.3 Å². The van der Waals surface area contributed by atoms with Crippen molar-refractivity contribution in [1.29, 1.82) is 0 Å². The molecule has 0 saturated carbocycles. The molecule has 4 rings (SSSR count). The topological polar surface area (TPSA) is 50.8 Å². The molecule has 0 saturated heterocycles. The average Bonchev–Trinajstić information content (AvgIpc) is 2.77. The minimum atomic E-state index is -2.07. The first-order valence-corrected chi connectivity index (χ1v) is 19.3. The van der Waals surface area contributed by atoms with Crippen LogP contribution >= 0.6 is 0 Å². The molecule has 0 aliphatic carbocycles. The third kappa shape index (κ3) is 6.37. The van der Waals surface area contributed by atoms with Gasteiger partial charge in [0.05, 0.1) is 0 Å². The summed E-state index contributed by atoms with van der Waals surface area (Å²) in [5.41, 5.74) is 1.24. The second-order valence-corrected chi connectivity index (χ2v) is 23.1. The zero-order valence-electron chi connectivity index (χ0n) is 26.0. The summed E-state index contributed by atoms with van der Waals surface area (Å²) in [6, 6.07) is 19.2. The van der Waals surface area contributed by atoms with E-state index in [9.17, 15) is 0 Å². The molecule has 0 atom stereocenters. The fraction of sp³-hybridized carbons (Fsp3) is 0.438. The summed E-state index contributed by atoms with van der Waals surface area (Å²) in [6.45, 7) is 24.2. The maximum atomic E-state index is 15.2. The van der Waals surface area contributed by atoms with Crippen LogP contribution in [0.4, 0.5) is 0 Å². The molecule has 1 aliphatic heterocycles. The van der Waals surface area contributed by atoms with Crippen molar-refractivity contribution >= 4 is 39.7 Å². The number of benzene rings is 3. The molecule has 4 nitrogen and oxygen atoms in total. The van der Waals surface area contributed by atoms with Crippen LogP contribution in [-0.2, 0) is 5.60 Å². The van der Waals surface area contributed by atoms with Gasteiger partial charge in [-0.15, -0.1) is 0 Å². The fourth-order valence-electron chi connectivity index (χ4n) is 4.30. The summed E-state index contributed by atoms with van der Waals surface area (Å²) in [4.78, 5) is 0. The SMILES string of the molecule is Cc1ccccc1C1([O-])c2ccc(O[Si](C)(C)C(C)(C)C)cc2Oc2cc(O[Si](C)(C)C(C)(C)C)ccc21.[Br-].[Mg+2]. The van der Waals surface area contributed by atoms with Gasteiger partial charge >= 0.3 is 23.1 Å². The summed E-state index contributed by atoms with van der Waals surface area (Å²) < 4.78 is 19.7. The molecule has 3 aromatic rings. The van der Waals surface area contributed by atoms with Gasteiger partial charge in [0.1, 0.15) is 23.0 Å². The van der Waals surface area contributed by atoms with Gasteiger partial charge in [0.25, 0.3) is 0 Å². The monoisotopic (exact) mass is 650 g/mol. The maximum Gasteiger partial charge on any atom is 2.00 e. The van der Waals surface area contributed by atoms with Crippen molar-refractivity contribution in [2.24, 2.45) is 0 Å². The van der Waals surface area contributed by atoms with E-state index in [2.05, 4.69) is 67.7 Å². The van der Waals surface area contributed by atoms with Crippen LogP contribution in [0.1, 0.15) is 63.8 Å². The Balaban J connectivity index is 0.00000280. The normalized spacial score (nSPS) is 14.5. The Labute approximate surface area is 270 Å². The number of ether oxygens (including phenoxy) is 1. The molecule has 0 bridgehead atoms. The van der Waals surface area contributed by atoms with Crippen molar-refractivity contribution in [2.45, 2.75) is 90.3 Å². The van der Waals surface area contributed by atoms with E-state index in [4.69, 9.17) is 13.6 Å². The Hall–Kier alpha value is -1.30. The molecule has 1 heterocycles. The van der Waals surface area contributed by atoms with Gasteiger partial charge < -0.3 is 35.7 Å². The molecule has 40 heavy (non-hydrogen) atoms. The summed E-state index contributed by atoms with van der Waals surface area (Å²) in [5.74, 6) is 2.55. The van der Waals surface area contributed by atoms with Crippen LogP contribution in [0.15, 0.2) is 60.7 Å². The fourth-order valence-corrected chi connectivity index (χ4v) is 6.34.